The molecule has 0 spiro atoms. The van der Waals surface area contributed by atoms with E-state index >= 15 is 0 Å². The molecule has 0 unspecified atom stereocenters. The summed E-state index contributed by atoms with van der Waals surface area (Å²) in [5.74, 6) is 0. The third-order valence-electron chi connectivity index (χ3n) is 9.37. The normalized spacial score (nSPS) is 10.5. The van der Waals surface area contributed by atoms with E-state index in [2.05, 4.69) is 197 Å². The van der Waals surface area contributed by atoms with Gasteiger partial charge >= 0.3 is 0 Å². The smallest absolute Gasteiger partial charge is 0.0307 e. The molecule has 0 aliphatic rings. The molecule has 0 amide bonds. The van der Waals surface area contributed by atoms with Crippen molar-refractivity contribution in [2.75, 3.05) is 0 Å². The molecule has 8 rings (SSSR count). The maximum absolute atomic E-state index is 2.34. The summed E-state index contributed by atoms with van der Waals surface area (Å²) in [6.45, 7) is 8.79. The molecular weight excluding hydrogens is 807 g/mol. The van der Waals surface area contributed by atoms with Crippen molar-refractivity contribution in [3.63, 3.8) is 0 Å². The Kier molecular flexibility index (Phi) is 14.5. The Morgan fingerprint density at radius 2 is 0.769 bits per heavy atom. The van der Waals surface area contributed by atoms with Gasteiger partial charge < -0.3 is 0 Å². The maximum atomic E-state index is 2.34. The van der Waals surface area contributed by atoms with Crippen molar-refractivity contribution in [3.8, 4) is 44.5 Å². The molecule has 0 atom stereocenters. The van der Waals surface area contributed by atoms with Crippen LogP contribution < -0.4 is 0 Å². The number of benzene rings is 6. The summed E-state index contributed by atoms with van der Waals surface area (Å²) in [6.07, 6.45) is 4.59. The third kappa shape index (κ3) is 9.16. The molecule has 0 aromatic heterocycles. The Morgan fingerprint density at radius 1 is 0.423 bits per heavy atom. The van der Waals surface area contributed by atoms with E-state index in [9.17, 15) is 0 Å². The van der Waals surface area contributed by atoms with Gasteiger partial charge in [0.05, 0.1) is 0 Å². The summed E-state index contributed by atoms with van der Waals surface area (Å²) < 4.78 is 0. The van der Waals surface area contributed by atoms with Crippen LogP contribution in [0.15, 0.2) is 170 Å². The van der Waals surface area contributed by atoms with E-state index in [-0.39, 0.29) is 25.8 Å². The molecular formula is C50H48HfSi-2. The minimum atomic E-state index is 0. The maximum Gasteiger partial charge on any atom is 0.0307 e. The number of rotatable bonds is 8. The Balaban J connectivity index is 0.000000184. The largest absolute Gasteiger partial charge is 0.144 e. The second-order valence-electron chi connectivity index (χ2n) is 13.2. The Bertz CT molecular complexity index is 2110. The van der Waals surface area contributed by atoms with Gasteiger partial charge in [-0.1, -0.05) is 195 Å². The van der Waals surface area contributed by atoms with Gasteiger partial charge in [0, 0.05) is 35.4 Å². The molecule has 0 nitrogen and oxygen atoms in total. The molecule has 258 valence electrons. The minimum Gasteiger partial charge on any atom is -0.144 e. The summed E-state index contributed by atoms with van der Waals surface area (Å²) in [7, 11) is 1.08. The van der Waals surface area contributed by atoms with Gasteiger partial charge in [-0.3, -0.25) is 0 Å². The Morgan fingerprint density at radius 3 is 1.15 bits per heavy atom. The van der Waals surface area contributed by atoms with E-state index in [1.807, 2.05) is 0 Å². The first-order chi connectivity index (χ1) is 25.1. The number of fused-ring (bicyclic) bond motifs is 2. The van der Waals surface area contributed by atoms with Gasteiger partial charge in [0.15, 0.2) is 0 Å². The van der Waals surface area contributed by atoms with E-state index in [1.54, 1.807) is 0 Å². The minimum absolute atomic E-state index is 0. The van der Waals surface area contributed by atoms with E-state index in [0.717, 1.165) is 22.4 Å². The summed E-state index contributed by atoms with van der Waals surface area (Å²) in [5, 5.41) is 5.33. The van der Waals surface area contributed by atoms with Crippen molar-refractivity contribution in [2.24, 2.45) is 0 Å². The first-order valence-electron chi connectivity index (χ1n) is 18.4. The second kappa shape index (κ2) is 19.5. The molecule has 0 aliphatic heterocycles. The van der Waals surface area contributed by atoms with Crippen molar-refractivity contribution < 1.29 is 25.8 Å². The molecule has 0 aliphatic carbocycles. The fourth-order valence-corrected chi connectivity index (χ4v) is 7.07. The second-order valence-corrected chi connectivity index (χ2v) is 14.2. The van der Waals surface area contributed by atoms with E-state index in [4.69, 9.17) is 0 Å². The summed E-state index contributed by atoms with van der Waals surface area (Å²) in [5.41, 5.74) is 13.5. The summed E-state index contributed by atoms with van der Waals surface area (Å²) in [4.78, 5) is 0. The van der Waals surface area contributed by atoms with Crippen molar-refractivity contribution >= 4 is 31.1 Å². The van der Waals surface area contributed by atoms with E-state index in [1.165, 1.54) is 90.0 Å². The van der Waals surface area contributed by atoms with Crippen molar-refractivity contribution in [1.82, 2.24) is 0 Å². The Labute approximate surface area is 332 Å². The molecule has 8 aromatic carbocycles. The zero-order valence-corrected chi connectivity index (χ0v) is 35.6. The number of aryl methyl sites for hydroxylation is 2. The molecule has 0 fully saturated rings. The number of hydrogen-bond acceptors (Lipinski definition) is 0. The van der Waals surface area contributed by atoms with Crippen LogP contribution in [-0.2, 0) is 38.7 Å². The Hall–Kier alpha value is -4.37. The SMILES string of the molecule is CCCc1ccccc1-c1cccc2[cH-]c(-c3ccccc3)cc12.CCCc1ccccc1-c1cccc2[cH-]c(-c3ccccc3)cc12.C[Si]C.[Hf]. The summed E-state index contributed by atoms with van der Waals surface area (Å²) >= 11 is 0. The van der Waals surface area contributed by atoms with Crippen LogP contribution in [0.1, 0.15) is 37.8 Å². The molecule has 2 radical (unpaired) electrons. The van der Waals surface area contributed by atoms with Gasteiger partial charge in [0.2, 0.25) is 0 Å². The first-order valence-corrected chi connectivity index (χ1v) is 20.4. The quantitative estimate of drug-likeness (QED) is 0.106. The van der Waals surface area contributed by atoms with Gasteiger partial charge in [0.25, 0.3) is 0 Å². The average molecular weight is 856 g/mol. The van der Waals surface area contributed by atoms with Crippen molar-refractivity contribution in [1.29, 1.82) is 0 Å². The molecule has 8 aromatic rings. The van der Waals surface area contributed by atoms with Crippen LogP contribution in [0.5, 0.6) is 0 Å². The van der Waals surface area contributed by atoms with Gasteiger partial charge in [-0.15, -0.1) is 69.1 Å². The average Bonchev–Trinajstić information content (AvgIpc) is 3.83. The zero-order valence-electron chi connectivity index (χ0n) is 31.0. The van der Waals surface area contributed by atoms with Crippen LogP contribution in [0.25, 0.3) is 66.1 Å². The fourth-order valence-electron chi connectivity index (χ4n) is 7.07. The van der Waals surface area contributed by atoms with Gasteiger partial charge in [-0.2, -0.15) is 0 Å². The van der Waals surface area contributed by atoms with Crippen LogP contribution in [-0.4, -0.2) is 9.52 Å². The van der Waals surface area contributed by atoms with Gasteiger partial charge in [0.1, 0.15) is 0 Å². The molecule has 0 heterocycles. The standard InChI is InChI=1S/2C24H21.C2H6Si.Hf/c2*1-2-9-19-12-6-7-14-22(19)23-15-8-13-20-16-21(17-24(20)23)18-10-4-3-5-11-18;1-3-2;/h2*3-8,10-17H,2,9H2,1H3;1-2H3;/q2*-1;;. The molecule has 0 saturated heterocycles. The van der Waals surface area contributed by atoms with Crippen LogP contribution in [0.3, 0.4) is 0 Å². The topological polar surface area (TPSA) is 0 Å². The van der Waals surface area contributed by atoms with Crippen molar-refractivity contribution in [2.45, 2.75) is 52.6 Å². The zero-order chi connectivity index (χ0) is 35.4. The van der Waals surface area contributed by atoms with Gasteiger partial charge in [-0.25, -0.2) is 0 Å². The van der Waals surface area contributed by atoms with Crippen molar-refractivity contribution in [3.05, 3.63) is 181 Å². The molecule has 0 saturated carbocycles. The predicted octanol–water partition coefficient (Wildman–Crippen LogP) is 14.5. The fraction of sp³-hybridized carbons (Fsp3) is 0.160. The molecule has 2 heteroatoms. The third-order valence-corrected chi connectivity index (χ3v) is 9.37. The van der Waals surface area contributed by atoms with Crippen LogP contribution in [0.2, 0.25) is 13.1 Å². The predicted molar refractivity (Wildman–Crippen MR) is 226 cm³/mol. The van der Waals surface area contributed by atoms with E-state index < -0.39 is 0 Å². The van der Waals surface area contributed by atoms with Gasteiger partial charge in [-0.05, 0) is 35.1 Å². The van der Waals surface area contributed by atoms with E-state index in [0.29, 0.717) is 0 Å². The molecule has 52 heavy (non-hydrogen) atoms. The number of hydrogen-bond donors (Lipinski definition) is 0. The summed E-state index contributed by atoms with van der Waals surface area (Å²) in [6, 6.07) is 61.5. The van der Waals surface area contributed by atoms with Crippen LogP contribution in [0.4, 0.5) is 0 Å². The van der Waals surface area contributed by atoms with Crippen LogP contribution >= 0.6 is 0 Å². The van der Waals surface area contributed by atoms with Crippen LogP contribution in [0, 0.1) is 0 Å². The molecule has 0 bridgehead atoms. The monoisotopic (exact) mass is 856 g/mol. The molecule has 0 N–H and O–H groups in total. The first kappa shape index (κ1) is 38.8.